The molecule has 1 aliphatic heterocycles. The molecule has 182 valence electrons. The second kappa shape index (κ2) is 10.4. The Labute approximate surface area is 217 Å². The highest BCUT2D eigenvalue weighted by atomic mass is 35.5. The molecule has 35 heavy (non-hydrogen) atoms. The maximum Gasteiger partial charge on any atom is 0.251 e. The summed E-state index contributed by atoms with van der Waals surface area (Å²) in [6.45, 7) is 5.18. The number of halogens is 2. The van der Waals surface area contributed by atoms with E-state index in [4.69, 9.17) is 17.3 Å². The number of benzene rings is 3. The Kier molecular flexibility index (Phi) is 7.50. The van der Waals surface area contributed by atoms with E-state index in [0.29, 0.717) is 28.1 Å². The van der Waals surface area contributed by atoms with Crippen molar-refractivity contribution in [2.45, 2.75) is 26.2 Å². The van der Waals surface area contributed by atoms with Crippen molar-refractivity contribution in [1.29, 1.82) is 0 Å². The maximum atomic E-state index is 13.8. The first-order chi connectivity index (χ1) is 16.5. The van der Waals surface area contributed by atoms with Crippen LogP contribution >= 0.6 is 24.0 Å². The van der Waals surface area contributed by atoms with Crippen LogP contribution in [0.3, 0.4) is 0 Å². The van der Waals surface area contributed by atoms with Gasteiger partial charge < -0.3 is 16.0 Å². The maximum absolute atomic E-state index is 13.8. The summed E-state index contributed by atoms with van der Waals surface area (Å²) >= 11 is 6.76. The molecule has 5 nitrogen and oxygen atoms in total. The summed E-state index contributed by atoms with van der Waals surface area (Å²) in [5.74, 6) is -0.543. The number of hydrogen-bond donors (Lipinski definition) is 2. The molecule has 0 bridgehead atoms. The van der Waals surface area contributed by atoms with Crippen LogP contribution in [0, 0.1) is 0 Å². The van der Waals surface area contributed by atoms with Crippen LogP contribution in [0.15, 0.2) is 48.5 Å². The predicted octanol–water partition coefficient (Wildman–Crippen LogP) is 5.49. The minimum atomic E-state index is -0.500. The van der Waals surface area contributed by atoms with Gasteiger partial charge in [0.05, 0.1) is 11.3 Å². The first-order valence-corrected chi connectivity index (χ1v) is 12.3. The number of carbonyl (C=O) groups excluding carboxylic acids is 2. The van der Waals surface area contributed by atoms with Crippen LogP contribution < -0.4 is 16.0 Å². The van der Waals surface area contributed by atoms with Gasteiger partial charge in [-0.3, -0.25) is 9.59 Å². The zero-order chi connectivity index (χ0) is 23.8. The van der Waals surface area contributed by atoms with Crippen molar-refractivity contribution < 1.29 is 9.59 Å². The average molecular weight is 510 g/mol. The number of amides is 1. The summed E-state index contributed by atoms with van der Waals surface area (Å²) in [6, 6.07) is 15.3. The van der Waals surface area contributed by atoms with E-state index >= 15 is 0 Å². The van der Waals surface area contributed by atoms with Crippen LogP contribution in [0.4, 0.5) is 5.69 Å². The summed E-state index contributed by atoms with van der Waals surface area (Å²) in [7, 11) is 0. The van der Waals surface area contributed by atoms with Crippen LogP contribution in [0.25, 0.3) is 22.3 Å². The number of ketones is 1. The number of hydrogen-bond acceptors (Lipinski definition) is 4. The third-order valence-corrected chi connectivity index (χ3v) is 7.18. The number of piperazine rings is 1. The van der Waals surface area contributed by atoms with E-state index < -0.39 is 5.91 Å². The zero-order valence-corrected chi connectivity index (χ0v) is 21.3. The Balaban J connectivity index is 0.00000289. The summed E-state index contributed by atoms with van der Waals surface area (Å²) in [5, 5.41) is 3.97. The lowest BCUT2D eigenvalue weighted by Crippen LogP contribution is -2.44. The van der Waals surface area contributed by atoms with Gasteiger partial charge in [-0.1, -0.05) is 67.4 Å². The Hall–Kier alpha value is -2.86. The van der Waals surface area contributed by atoms with E-state index in [9.17, 15) is 9.59 Å². The van der Waals surface area contributed by atoms with Crippen LogP contribution in [0.1, 0.15) is 51.6 Å². The highest BCUT2D eigenvalue weighted by molar-refractivity contribution is 6.35. The van der Waals surface area contributed by atoms with Crippen LogP contribution in [-0.4, -0.2) is 37.9 Å². The molecule has 0 saturated carbocycles. The van der Waals surface area contributed by atoms with E-state index in [1.807, 2.05) is 48.5 Å². The van der Waals surface area contributed by atoms with E-state index in [-0.39, 0.29) is 18.2 Å². The molecule has 1 aliphatic carbocycles. The van der Waals surface area contributed by atoms with Gasteiger partial charge in [0.15, 0.2) is 5.78 Å². The first kappa shape index (κ1) is 25.2. The molecule has 0 atom stereocenters. The summed E-state index contributed by atoms with van der Waals surface area (Å²) in [6.07, 6.45) is 2.44. The van der Waals surface area contributed by atoms with E-state index in [1.165, 1.54) is 0 Å². The van der Waals surface area contributed by atoms with Gasteiger partial charge in [-0.2, -0.15) is 0 Å². The van der Waals surface area contributed by atoms with E-state index in [1.54, 1.807) is 0 Å². The lowest BCUT2D eigenvalue weighted by Gasteiger charge is -2.35. The smallest absolute Gasteiger partial charge is 0.251 e. The lowest BCUT2D eigenvalue weighted by molar-refractivity contribution is 0.0999. The average Bonchev–Trinajstić information content (AvgIpc) is 3.15. The van der Waals surface area contributed by atoms with E-state index in [0.717, 1.165) is 72.5 Å². The monoisotopic (exact) mass is 509 g/mol. The van der Waals surface area contributed by atoms with Crippen LogP contribution in [0.2, 0.25) is 5.02 Å². The lowest BCUT2D eigenvalue weighted by atomic mass is 9.83. The van der Waals surface area contributed by atoms with Crippen LogP contribution in [-0.2, 0) is 6.42 Å². The minimum Gasteiger partial charge on any atom is -0.368 e. The molecule has 3 aromatic carbocycles. The fraction of sp³-hybridized carbons (Fsp3) is 0.286. The molecule has 0 unspecified atom stereocenters. The normalized spacial score (nSPS) is 14.3. The van der Waals surface area contributed by atoms with Crippen molar-refractivity contribution in [1.82, 2.24) is 5.32 Å². The molecule has 1 heterocycles. The van der Waals surface area contributed by atoms with Crippen molar-refractivity contribution >= 4 is 41.4 Å². The SMILES string of the molecule is CCCCc1c2c(c(-c3ccccc3Cl)c(N3CCNCC3)c1C(N)=O)-c1ccccc1C2=O.Cl. The van der Waals surface area contributed by atoms with Gasteiger partial charge in [-0.05, 0) is 30.0 Å². The van der Waals surface area contributed by atoms with Gasteiger partial charge in [0.25, 0.3) is 5.91 Å². The largest absolute Gasteiger partial charge is 0.368 e. The number of nitrogens with zero attached hydrogens (tertiary/aromatic N) is 1. The van der Waals surface area contributed by atoms with Crippen molar-refractivity contribution in [2.24, 2.45) is 5.73 Å². The molecule has 2 aliphatic rings. The second-order valence-electron chi connectivity index (χ2n) is 8.89. The molecule has 1 saturated heterocycles. The van der Waals surface area contributed by atoms with Crippen LogP contribution in [0.5, 0.6) is 0 Å². The summed E-state index contributed by atoms with van der Waals surface area (Å²) < 4.78 is 0. The second-order valence-corrected chi connectivity index (χ2v) is 9.29. The number of anilines is 1. The van der Waals surface area contributed by atoms with Gasteiger partial charge in [0, 0.05) is 59.0 Å². The molecule has 3 aromatic rings. The highest BCUT2D eigenvalue weighted by Crippen LogP contribution is 2.52. The fourth-order valence-electron chi connectivity index (χ4n) is 5.34. The quantitative estimate of drug-likeness (QED) is 0.360. The summed E-state index contributed by atoms with van der Waals surface area (Å²) in [5.41, 5.74) is 12.8. The zero-order valence-electron chi connectivity index (χ0n) is 19.7. The van der Waals surface area contributed by atoms with Crippen molar-refractivity contribution in [3.8, 4) is 22.3 Å². The molecule has 0 aromatic heterocycles. The topological polar surface area (TPSA) is 75.4 Å². The van der Waals surface area contributed by atoms with Crippen molar-refractivity contribution in [3.05, 3.63) is 75.8 Å². The Morgan fingerprint density at radius 1 is 0.971 bits per heavy atom. The standard InChI is InChI=1S/C28H28ClN3O2.ClH/c1-2-3-8-20-24-22(17-9-4-5-10-18(17)27(24)33)23(19-11-6-7-12-21(19)29)26(25(20)28(30)34)32-15-13-31-14-16-32;/h4-7,9-12,31H,2-3,8,13-16H2,1H3,(H2,30,34);1H. The molecular formula is C28H29Cl2N3O2. The van der Waals surface area contributed by atoms with Gasteiger partial charge in [0.2, 0.25) is 0 Å². The van der Waals surface area contributed by atoms with Gasteiger partial charge in [-0.25, -0.2) is 0 Å². The van der Waals surface area contributed by atoms with Crippen molar-refractivity contribution in [2.75, 3.05) is 31.1 Å². The summed E-state index contributed by atoms with van der Waals surface area (Å²) in [4.78, 5) is 29.2. The van der Waals surface area contributed by atoms with Crippen molar-refractivity contribution in [3.63, 3.8) is 0 Å². The van der Waals surface area contributed by atoms with Gasteiger partial charge in [0.1, 0.15) is 0 Å². The molecule has 1 fully saturated rings. The number of carbonyl (C=O) groups is 2. The number of primary amides is 1. The number of nitrogens with two attached hydrogens (primary N) is 1. The number of rotatable bonds is 6. The Bertz CT molecular complexity index is 1300. The first-order valence-electron chi connectivity index (χ1n) is 11.9. The molecule has 0 spiro atoms. The molecular weight excluding hydrogens is 481 g/mol. The van der Waals surface area contributed by atoms with Gasteiger partial charge >= 0.3 is 0 Å². The molecule has 5 rings (SSSR count). The molecule has 0 radical (unpaired) electrons. The minimum absolute atomic E-state index is 0. The Morgan fingerprint density at radius 2 is 1.60 bits per heavy atom. The predicted molar refractivity (Wildman–Crippen MR) is 145 cm³/mol. The fourth-order valence-corrected chi connectivity index (χ4v) is 5.57. The molecule has 7 heteroatoms. The third-order valence-electron chi connectivity index (χ3n) is 6.85. The Morgan fingerprint density at radius 3 is 2.23 bits per heavy atom. The highest BCUT2D eigenvalue weighted by Gasteiger charge is 2.38. The van der Waals surface area contributed by atoms with Gasteiger partial charge in [-0.15, -0.1) is 12.4 Å². The number of unbranched alkanes of at least 4 members (excludes halogenated alkanes) is 1. The number of nitrogens with one attached hydrogen (secondary N) is 1. The molecule has 1 amide bonds. The molecule has 3 N–H and O–H groups in total. The number of fused-ring (bicyclic) bond motifs is 3. The van der Waals surface area contributed by atoms with E-state index in [2.05, 4.69) is 17.1 Å². The third kappa shape index (κ3) is 4.22.